The Balaban J connectivity index is 0.000000145. The first-order valence-electron chi connectivity index (χ1n) is 3.66. The summed E-state index contributed by atoms with van der Waals surface area (Å²) in [5.74, 6) is -0.287. The number of imide groups is 1. The third-order valence-electron chi connectivity index (χ3n) is 1.40. The molecule has 1 saturated heterocycles. The summed E-state index contributed by atoms with van der Waals surface area (Å²) in [5, 5.41) is 0. The number of carbonyl (C=O) groups excluding carboxylic acids is 2. The smallest absolute Gasteiger partial charge is 0.239 e. The van der Waals surface area contributed by atoms with Crippen LogP contribution in [-0.2, 0) is 9.59 Å². The van der Waals surface area contributed by atoms with Crippen molar-refractivity contribution in [2.24, 2.45) is 0 Å². The Morgan fingerprint density at radius 2 is 2.00 bits per heavy atom. The van der Waals surface area contributed by atoms with E-state index >= 15 is 0 Å². The van der Waals surface area contributed by atoms with Gasteiger partial charge in [0.05, 0.1) is 22.5 Å². The number of imidazole rings is 1. The molecule has 2 heterocycles. The van der Waals surface area contributed by atoms with Gasteiger partial charge in [0.1, 0.15) is 0 Å². The van der Waals surface area contributed by atoms with Gasteiger partial charge in [-0.1, -0.05) is 0 Å². The number of nitrogens with zero attached hydrogens (tertiary/aromatic N) is 2. The molecule has 0 saturated carbocycles. The first-order chi connectivity index (χ1) is 6.22. The van der Waals surface area contributed by atoms with Crippen molar-refractivity contribution >= 4 is 28.0 Å². The van der Waals surface area contributed by atoms with E-state index in [1.165, 1.54) is 0 Å². The van der Waals surface area contributed by atoms with Gasteiger partial charge < -0.3 is 4.98 Å². The van der Waals surface area contributed by atoms with Crippen molar-refractivity contribution < 1.29 is 9.59 Å². The number of aromatic amines is 1. The Bertz CT molecular complexity index is 253. The highest BCUT2D eigenvalue weighted by atomic mass is 79.9. The summed E-state index contributed by atoms with van der Waals surface area (Å²) in [6.07, 6.45) is 5.79. The van der Waals surface area contributed by atoms with Crippen LogP contribution in [0.4, 0.5) is 0 Å². The maximum atomic E-state index is 10.4. The van der Waals surface area contributed by atoms with Crippen LogP contribution in [0.2, 0.25) is 0 Å². The fraction of sp³-hybridized carbons (Fsp3) is 0.286. The van der Waals surface area contributed by atoms with Crippen molar-refractivity contribution in [1.29, 1.82) is 0 Å². The van der Waals surface area contributed by atoms with Crippen LogP contribution in [0.15, 0.2) is 18.7 Å². The van der Waals surface area contributed by atoms with E-state index in [2.05, 4.69) is 26.1 Å². The largest absolute Gasteiger partial charge is 0.351 e. The summed E-state index contributed by atoms with van der Waals surface area (Å²) in [7, 11) is 0. The zero-order valence-electron chi connectivity index (χ0n) is 6.74. The number of aromatic nitrogens is 2. The highest BCUT2D eigenvalue weighted by Gasteiger charge is 2.26. The van der Waals surface area contributed by atoms with Crippen LogP contribution in [0.1, 0.15) is 12.8 Å². The molecule has 0 aliphatic carbocycles. The van der Waals surface area contributed by atoms with Gasteiger partial charge in [0.25, 0.3) is 0 Å². The molecule has 1 aromatic rings. The molecular weight excluding hydrogens is 238 g/mol. The molecule has 0 aromatic carbocycles. The van der Waals surface area contributed by atoms with E-state index in [-0.39, 0.29) is 11.8 Å². The number of H-pyrrole nitrogens is 1. The van der Waals surface area contributed by atoms with E-state index in [9.17, 15) is 9.59 Å². The normalized spacial score (nSPS) is 15.6. The maximum Gasteiger partial charge on any atom is 0.239 e. The average Bonchev–Trinajstić information content (AvgIpc) is 2.75. The zero-order valence-corrected chi connectivity index (χ0v) is 8.32. The molecule has 1 N–H and O–H groups in total. The Morgan fingerprint density at radius 3 is 2.15 bits per heavy atom. The lowest BCUT2D eigenvalue weighted by atomic mass is 10.4. The van der Waals surface area contributed by atoms with Crippen molar-refractivity contribution in [2.75, 3.05) is 0 Å². The Kier molecular flexibility index (Phi) is 3.63. The molecule has 1 aromatic heterocycles. The SMILES string of the molecule is O=C1CCC(=O)N1Br.c1c[nH]cn1. The second kappa shape index (κ2) is 4.76. The minimum Gasteiger partial charge on any atom is -0.351 e. The van der Waals surface area contributed by atoms with Crippen LogP contribution in [0, 0.1) is 0 Å². The molecular formula is C7H8BrN3O2. The zero-order chi connectivity index (χ0) is 9.68. The minimum absolute atomic E-state index is 0.144. The topological polar surface area (TPSA) is 66.1 Å². The van der Waals surface area contributed by atoms with Gasteiger partial charge in [-0.3, -0.25) is 9.59 Å². The molecule has 1 fully saturated rings. The molecule has 0 unspecified atom stereocenters. The third-order valence-corrected chi connectivity index (χ3v) is 2.19. The number of amides is 2. The van der Waals surface area contributed by atoms with Crippen LogP contribution in [0.25, 0.3) is 0 Å². The molecule has 1 aliphatic rings. The summed E-state index contributed by atoms with van der Waals surface area (Å²) < 4.78 is 0.979. The van der Waals surface area contributed by atoms with E-state index in [1.54, 1.807) is 18.7 Å². The fourth-order valence-electron chi connectivity index (χ4n) is 0.764. The molecule has 1 aliphatic heterocycles. The lowest BCUT2D eigenvalue weighted by Crippen LogP contribution is -2.16. The van der Waals surface area contributed by atoms with Crippen LogP contribution in [0.5, 0.6) is 0 Å². The maximum absolute atomic E-state index is 10.4. The van der Waals surface area contributed by atoms with Gasteiger partial charge in [0.15, 0.2) is 0 Å². The Labute approximate surface area is 83.5 Å². The van der Waals surface area contributed by atoms with Gasteiger partial charge in [-0.15, -0.1) is 0 Å². The first-order valence-corrected chi connectivity index (χ1v) is 4.37. The molecule has 6 heteroatoms. The molecule has 0 spiro atoms. The quantitative estimate of drug-likeness (QED) is 0.545. The predicted molar refractivity (Wildman–Crippen MR) is 48.6 cm³/mol. The fourth-order valence-corrected chi connectivity index (χ4v) is 1.12. The second-order valence-corrected chi connectivity index (χ2v) is 3.04. The number of rotatable bonds is 0. The van der Waals surface area contributed by atoms with Crippen molar-refractivity contribution in [3.8, 4) is 0 Å². The lowest BCUT2D eigenvalue weighted by molar-refractivity contribution is -0.131. The van der Waals surface area contributed by atoms with E-state index in [1.807, 2.05) is 0 Å². The highest BCUT2D eigenvalue weighted by Crippen LogP contribution is 2.14. The number of halogens is 1. The Morgan fingerprint density at radius 1 is 1.38 bits per heavy atom. The number of hydrogen-bond acceptors (Lipinski definition) is 3. The standard InChI is InChI=1S/C4H4BrNO2.C3H4N2/c5-6-3(7)1-2-4(6)8;1-2-5-3-4-1/h1-2H2;1-3H,(H,4,5). The minimum atomic E-state index is -0.144. The molecule has 2 amide bonds. The molecule has 0 radical (unpaired) electrons. The van der Waals surface area contributed by atoms with Crippen molar-refractivity contribution in [1.82, 2.24) is 13.9 Å². The molecule has 5 nitrogen and oxygen atoms in total. The van der Waals surface area contributed by atoms with Gasteiger partial charge in [0, 0.05) is 25.2 Å². The summed E-state index contributed by atoms with van der Waals surface area (Å²) in [5.41, 5.74) is 0. The average molecular weight is 246 g/mol. The van der Waals surface area contributed by atoms with Gasteiger partial charge in [0.2, 0.25) is 11.8 Å². The van der Waals surface area contributed by atoms with Crippen LogP contribution in [-0.4, -0.2) is 25.7 Å². The monoisotopic (exact) mass is 245 g/mol. The number of carbonyl (C=O) groups is 2. The molecule has 2 rings (SSSR count). The van der Waals surface area contributed by atoms with Crippen molar-refractivity contribution in [3.63, 3.8) is 0 Å². The number of nitrogens with one attached hydrogen (secondary N) is 1. The molecule has 0 bridgehead atoms. The van der Waals surface area contributed by atoms with Gasteiger partial charge >= 0.3 is 0 Å². The molecule has 13 heavy (non-hydrogen) atoms. The summed E-state index contributed by atoms with van der Waals surface area (Å²) >= 11 is 2.80. The third kappa shape index (κ3) is 2.98. The van der Waals surface area contributed by atoms with Crippen molar-refractivity contribution in [2.45, 2.75) is 12.8 Å². The summed E-state index contributed by atoms with van der Waals surface area (Å²) in [6.45, 7) is 0. The van der Waals surface area contributed by atoms with Crippen LogP contribution in [0.3, 0.4) is 0 Å². The number of hydrogen-bond donors (Lipinski definition) is 1. The van der Waals surface area contributed by atoms with Crippen LogP contribution < -0.4 is 0 Å². The van der Waals surface area contributed by atoms with Gasteiger partial charge in [-0.25, -0.2) is 8.91 Å². The van der Waals surface area contributed by atoms with E-state index in [4.69, 9.17) is 0 Å². The predicted octanol–water partition coefficient (Wildman–Crippen LogP) is 0.855. The van der Waals surface area contributed by atoms with E-state index in [0.717, 1.165) is 3.93 Å². The van der Waals surface area contributed by atoms with E-state index in [0.29, 0.717) is 12.8 Å². The summed E-state index contributed by atoms with van der Waals surface area (Å²) in [6, 6.07) is 0. The second-order valence-electron chi connectivity index (χ2n) is 2.33. The van der Waals surface area contributed by atoms with E-state index < -0.39 is 0 Å². The lowest BCUT2D eigenvalue weighted by Gasteiger charge is -1.97. The summed E-state index contributed by atoms with van der Waals surface area (Å²) in [4.78, 5) is 27.3. The molecule has 70 valence electrons. The Hall–Kier alpha value is -1.17. The molecule has 0 atom stereocenters. The van der Waals surface area contributed by atoms with Crippen molar-refractivity contribution in [3.05, 3.63) is 18.7 Å². The van der Waals surface area contributed by atoms with Gasteiger partial charge in [-0.05, 0) is 0 Å². The first kappa shape index (κ1) is 9.91. The van der Waals surface area contributed by atoms with Gasteiger partial charge in [-0.2, -0.15) is 0 Å². The van der Waals surface area contributed by atoms with Crippen LogP contribution >= 0.6 is 16.1 Å². The highest BCUT2D eigenvalue weighted by molar-refractivity contribution is 9.08.